The Bertz CT molecular complexity index is 1570. The molecule has 3 heterocycles. The Hall–Kier alpha value is -3.59. The molecule has 10 heteroatoms. The number of hydrogen-bond donors (Lipinski definition) is 2. The number of benzene rings is 2. The second kappa shape index (κ2) is 10.9. The van der Waals surface area contributed by atoms with Crippen molar-refractivity contribution in [3.8, 4) is 11.4 Å². The van der Waals surface area contributed by atoms with Gasteiger partial charge in [0.2, 0.25) is 5.91 Å². The maximum atomic E-state index is 11.9. The number of carbonyl (C=O) groups excluding carboxylic acids is 1. The fraction of sp³-hybridized carbons (Fsp3) is 0.207. The van der Waals surface area contributed by atoms with Crippen LogP contribution in [-0.4, -0.2) is 27.7 Å². The van der Waals surface area contributed by atoms with E-state index in [4.69, 9.17) is 40.2 Å². The molecule has 5 rings (SSSR count). The lowest BCUT2D eigenvalue weighted by Gasteiger charge is -2.29. The average molecular weight is 581 g/mol. The van der Waals surface area contributed by atoms with Gasteiger partial charge >= 0.3 is 0 Å². The van der Waals surface area contributed by atoms with Crippen molar-refractivity contribution < 1.29 is 9.53 Å². The highest BCUT2D eigenvalue weighted by atomic mass is 35.5. The number of nitrogens with zero attached hydrogens (tertiary/aromatic N) is 3. The zero-order chi connectivity index (χ0) is 27.8. The molecule has 0 bridgehead atoms. The first kappa shape index (κ1) is 27.0. The number of anilines is 2. The number of amides is 1. The van der Waals surface area contributed by atoms with Gasteiger partial charge in [-0.05, 0) is 80.2 Å². The topological polar surface area (TPSA) is 71.4 Å². The molecule has 2 N–H and O–H groups in total. The number of pyridine rings is 1. The predicted octanol–water partition coefficient (Wildman–Crippen LogP) is 6.94. The van der Waals surface area contributed by atoms with Gasteiger partial charge < -0.3 is 24.8 Å². The molecule has 0 radical (unpaired) electrons. The van der Waals surface area contributed by atoms with E-state index < -0.39 is 0 Å². The van der Waals surface area contributed by atoms with E-state index in [0.717, 1.165) is 34.0 Å². The lowest BCUT2D eigenvalue weighted by Crippen LogP contribution is -2.29. The van der Waals surface area contributed by atoms with Crippen LogP contribution >= 0.6 is 35.4 Å². The van der Waals surface area contributed by atoms with E-state index in [0.29, 0.717) is 26.6 Å². The van der Waals surface area contributed by atoms with E-state index in [1.807, 2.05) is 55.5 Å². The summed E-state index contributed by atoms with van der Waals surface area (Å²) in [5.74, 6) is 0.357. The van der Waals surface area contributed by atoms with Crippen molar-refractivity contribution in [1.82, 2.24) is 14.9 Å². The van der Waals surface area contributed by atoms with Crippen LogP contribution in [0.1, 0.15) is 41.7 Å². The summed E-state index contributed by atoms with van der Waals surface area (Å²) >= 11 is 18.9. The van der Waals surface area contributed by atoms with E-state index in [1.54, 1.807) is 19.4 Å². The van der Waals surface area contributed by atoms with Gasteiger partial charge in [-0.1, -0.05) is 35.3 Å². The highest BCUT2D eigenvalue weighted by Gasteiger charge is 2.42. The Labute approximate surface area is 242 Å². The third kappa shape index (κ3) is 4.95. The van der Waals surface area contributed by atoms with Gasteiger partial charge in [0.15, 0.2) is 5.11 Å². The molecule has 1 aliphatic heterocycles. The molecule has 7 nitrogen and oxygen atoms in total. The maximum Gasteiger partial charge on any atom is 0.221 e. The van der Waals surface area contributed by atoms with E-state index in [1.165, 1.54) is 6.92 Å². The average Bonchev–Trinajstić information content (AvgIpc) is 3.41. The number of carbonyl (C=O) groups is 1. The minimum Gasteiger partial charge on any atom is -0.495 e. The van der Waals surface area contributed by atoms with Crippen molar-refractivity contribution in [1.29, 1.82) is 0 Å². The summed E-state index contributed by atoms with van der Waals surface area (Å²) in [5, 5.41) is 7.87. The molecule has 4 aromatic rings. The predicted molar refractivity (Wildman–Crippen MR) is 160 cm³/mol. The van der Waals surface area contributed by atoms with Crippen LogP contribution in [0.25, 0.3) is 5.69 Å². The van der Waals surface area contributed by atoms with Crippen LogP contribution in [0.5, 0.6) is 5.75 Å². The molecule has 2 aromatic carbocycles. The van der Waals surface area contributed by atoms with Crippen molar-refractivity contribution >= 4 is 57.8 Å². The first-order chi connectivity index (χ1) is 18.7. The van der Waals surface area contributed by atoms with Crippen LogP contribution in [0.3, 0.4) is 0 Å². The molecular formula is C29H27Cl2N5O2S. The summed E-state index contributed by atoms with van der Waals surface area (Å²) in [7, 11) is 1.57. The van der Waals surface area contributed by atoms with Gasteiger partial charge in [-0.3, -0.25) is 9.78 Å². The number of methoxy groups -OCH3 is 1. The normalized spacial score (nSPS) is 16.8. The van der Waals surface area contributed by atoms with Gasteiger partial charge in [0.05, 0.1) is 46.3 Å². The molecule has 1 saturated heterocycles. The molecule has 1 aliphatic rings. The lowest BCUT2D eigenvalue weighted by atomic mass is 9.96. The molecule has 1 fully saturated rings. The van der Waals surface area contributed by atoms with Crippen LogP contribution in [0.2, 0.25) is 10.0 Å². The van der Waals surface area contributed by atoms with Crippen molar-refractivity contribution in [3.05, 3.63) is 99.6 Å². The van der Waals surface area contributed by atoms with Crippen LogP contribution in [0, 0.1) is 13.8 Å². The molecule has 0 saturated carbocycles. The second-order valence-corrected chi connectivity index (χ2v) is 10.5. The highest BCUT2D eigenvalue weighted by molar-refractivity contribution is 7.80. The Morgan fingerprint density at radius 1 is 1.10 bits per heavy atom. The monoisotopic (exact) mass is 579 g/mol. The number of aromatic nitrogens is 2. The molecule has 1 amide bonds. The van der Waals surface area contributed by atoms with Crippen LogP contribution < -0.4 is 20.3 Å². The van der Waals surface area contributed by atoms with Crippen molar-refractivity contribution in [2.24, 2.45) is 0 Å². The van der Waals surface area contributed by atoms with Gasteiger partial charge in [-0.2, -0.15) is 0 Å². The molecule has 2 aromatic heterocycles. The Morgan fingerprint density at radius 2 is 1.90 bits per heavy atom. The summed E-state index contributed by atoms with van der Waals surface area (Å²) in [5.41, 5.74) is 6.05. The number of aryl methyl sites for hydroxylation is 1. The molecule has 0 unspecified atom stereocenters. The number of nitrogens with one attached hydrogen (secondary N) is 2. The van der Waals surface area contributed by atoms with E-state index in [-0.39, 0.29) is 18.0 Å². The van der Waals surface area contributed by atoms with Crippen molar-refractivity contribution in [2.45, 2.75) is 32.9 Å². The van der Waals surface area contributed by atoms with E-state index >= 15 is 0 Å². The SMILES string of the molecule is COc1ccc(N2C(=S)N[C@H](c3ccccn3)[C@H]2c2cc(C)n(-c3cccc(Cl)c3Cl)c2C)cc1NC(C)=O. The van der Waals surface area contributed by atoms with E-state index in [9.17, 15) is 4.79 Å². The van der Waals surface area contributed by atoms with Crippen molar-refractivity contribution in [2.75, 3.05) is 17.3 Å². The van der Waals surface area contributed by atoms with Gasteiger partial charge in [-0.25, -0.2) is 0 Å². The zero-order valence-corrected chi connectivity index (χ0v) is 24.2. The van der Waals surface area contributed by atoms with Crippen LogP contribution in [0.4, 0.5) is 11.4 Å². The van der Waals surface area contributed by atoms with Crippen LogP contribution in [-0.2, 0) is 4.79 Å². The minimum absolute atomic E-state index is 0.197. The second-order valence-electron chi connectivity index (χ2n) is 9.30. The Balaban J connectivity index is 1.70. The summed E-state index contributed by atoms with van der Waals surface area (Å²) < 4.78 is 7.59. The van der Waals surface area contributed by atoms with Gasteiger partial charge in [-0.15, -0.1) is 0 Å². The molecule has 0 spiro atoms. The number of hydrogen-bond acceptors (Lipinski definition) is 4. The van der Waals surface area contributed by atoms with Crippen molar-refractivity contribution in [3.63, 3.8) is 0 Å². The number of ether oxygens (including phenoxy) is 1. The fourth-order valence-corrected chi connectivity index (χ4v) is 5.93. The molecular weight excluding hydrogens is 553 g/mol. The van der Waals surface area contributed by atoms with Gasteiger partial charge in [0.1, 0.15) is 5.75 Å². The Morgan fingerprint density at radius 3 is 2.59 bits per heavy atom. The fourth-order valence-electron chi connectivity index (χ4n) is 5.21. The number of halogens is 2. The first-order valence-electron chi connectivity index (χ1n) is 12.3. The quantitative estimate of drug-likeness (QED) is 0.241. The summed E-state index contributed by atoms with van der Waals surface area (Å²) in [4.78, 5) is 18.6. The standard InChI is InChI=1S/C29H27Cl2N5O2S/c1-16-14-20(17(2)35(16)24-10-7-8-21(30)26(24)31)28-27(22-9-5-6-13-32-22)34-29(39)36(28)19-11-12-25(38-4)23(15-19)33-18(3)37/h5-15,27-28H,1-4H3,(H,33,37)(H,34,39)/t27-,28-/m1/s1. The van der Waals surface area contributed by atoms with Gasteiger partial charge in [0.25, 0.3) is 0 Å². The molecule has 2 atom stereocenters. The minimum atomic E-state index is -0.260. The molecule has 39 heavy (non-hydrogen) atoms. The summed E-state index contributed by atoms with van der Waals surface area (Å²) in [6, 6.07) is 18.7. The van der Waals surface area contributed by atoms with Gasteiger partial charge in [0, 0.05) is 30.2 Å². The van der Waals surface area contributed by atoms with Crippen LogP contribution in [0.15, 0.2) is 66.9 Å². The smallest absolute Gasteiger partial charge is 0.221 e. The molecule has 0 aliphatic carbocycles. The molecule has 200 valence electrons. The maximum absolute atomic E-state index is 11.9. The zero-order valence-electron chi connectivity index (χ0n) is 21.8. The first-order valence-corrected chi connectivity index (χ1v) is 13.5. The summed E-state index contributed by atoms with van der Waals surface area (Å²) in [6.45, 7) is 5.56. The third-order valence-corrected chi connectivity index (χ3v) is 7.95. The largest absolute Gasteiger partial charge is 0.495 e. The van der Waals surface area contributed by atoms with E-state index in [2.05, 4.69) is 38.1 Å². The third-order valence-electron chi connectivity index (χ3n) is 6.83. The lowest BCUT2D eigenvalue weighted by molar-refractivity contribution is -0.114. The Kier molecular flexibility index (Phi) is 7.53. The number of thiocarbonyl (C=S) groups is 1. The highest BCUT2D eigenvalue weighted by Crippen LogP contribution is 2.45. The number of rotatable bonds is 6. The summed E-state index contributed by atoms with van der Waals surface area (Å²) in [6.07, 6.45) is 1.77.